The molecule has 1 aromatic carbocycles. The molecule has 0 spiro atoms. The third-order valence-corrected chi connectivity index (χ3v) is 2.52. The Balaban J connectivity index is 3.16. The predicted molar refractivity (Wildman–Crippen MR) is 51.2 cm³/mol. The Kier molecular flexibility index (Phi) is 3.62. The molecule has 0 fully saturated rings. The zero-order chi connectivity index (χ0) is 11.6. The fourth-order valence-corrected chi connectivity index (χ4v) is 1.65. The molecule has 0 aromatic heterocycles. The van der Waals surface area contributed by atoms with Crippen LogP contribution in [-0.4, -0.2) is 12.6 Å². The summed E-state index contributed by atoms with van der Waals surface area (Å²) in [5.41, 5.74) is -0.0848. The highest BCUT2D eigenvalue weighted by atomic mass is 79.9. The maximum absolute atomic E-state index is 11.9. The van der Waals surface area contributed by atoms with Crippen LogP contribution in [0, 0.1) is 0 Å². The zero-order valence-corrected chi connectivity index (χ0v) is 9.28. The summed E-state index contributed by atoms with van der Waals surface area (Å²) in [6.07, 6.45) is -4.49. The van der Waals surface area contributed by atoms with Crippen LogP contribution in [0.5, 0.6) is 5.75 Å². The lowest BCUT2D eigenvalue weighted by Gasteiger charge is -2.11. The number of alkyl halides is 3. The van der Waals surface area contributed by atoms with Gasteiger partial charge in [-0.25, -0.2) is 0 Å². The second kappa shape index (κ2) is 4.40. The van der Waals surface area contributed by atoms with E-state index >= 15 is 0 Å². The van der Waals surface area contributed by atoms with Gasteiger partial charge in [0.2, 0.25) is 0 Å². The molecule has 0 bridgehead atoms. The van der Waals surface area contributed by atoms with E-state index in [4.69, 9.17) is 11.6 Å². The number of halogens is 5. The number of rotatable bonds is 2. The van der Waals surface area contributed by atoms with Crippen molar-refractivity contribution in [2.24, 2.45) is 0 Å². The van der Waals surface area contributed by atoms with Gasteiger partial charge in [-0.05, 0) is 28.1 Å². The molecule has 82 valence electrons. The van der Waals surface area contributed by atoms with Crippen LogP contribution in [0.1, 0.15) is 10.4 Å². The topological polar surface area (TPSA) is 26.3 Å². The first-order chi connectivity index (χ1) is 6.85. The molecule has 7 heteroatoms. The number of carbonyl (C=O) groups excluding carboxylic acids is 1. The van der Waals surface area contributed by atoms with Crippen molar-refractivity contribution in [2.75, 3.05) is 0 Å². The van der Waals surface area contributed by atoms with E-state index in [2.05, 4.69) is 20.7 Å². The highest BCUT2D eigenvalue weighted by molar-refractivity contribution is 9.10. The van der Waals surface area contributed by atoms with E-state index < -0.39 is 12.1 Å². The van der Waals surface area contributed by atoms with Gasteiger partial charge in [-0.3, -0.25) is 4.79 Å². The van der Waals surface area contributed by atoms with Crippen molar-refractivity contribution < 1.29 is 22.7 Å². The summed E-state index contributed by atoms with van der Waals surface area (Å²) in [7, 11) is 0. The first-order valence-corrected chi connectivity index (χ1v) is 4.71. The maximum Gasteiger partial charge on any atom is 0.573 e. The Morgan fingerprint density at radius 2 is 2.00 bits per heavy atom. The standard InChI is InChI=1S/C8H3BrClF3O2/c9-5-1-2-6(15-8(11,12)13)7(10)4(5)3-14/h1-3H. The van der Waals surface area contributed by atoms with Gasteiger partial charge in [-0.2, -0.15) is 0 Å². The number of hydrogen-bond donors (Lipinski definition) is 0. The van der Waals surface area contributed by atoms with Crippen LogP contribution in [0.25, 0.3) is 0 Å². The monoisotopic (exact) mass is 302 g/mol. The Morgan fingerprint density at radius 3 is 2.47 bits per heavy atom. The van der Waals surface area contributed by atoms with Gasteiger partial charge in [-0.1, -0.05) is 11.6 Å². The van der Waals surface area contributed by atoms with Gasteiger partial charge in [-0.15, -0.1) is 13.2 Å². The first kappa shape index (κ1) is 12.3. The molecule has 0 radical (unpaired) electrons. The molecule has 0 unspecified atom stereocenters. The maximum atomic E-state index is 11.9. The quantitative estimate of drug-likeness (QED) is 0.777. The van der Waals surface area contributed by atoms with Crippen molar-refractivity contribution in [3.8, 4) is 5.75 Å². The minimum absolute atomic E-state index is 0.0848. The van der Waals surface area contributed by atoms with Crippen molar-refractivity contribution >= 4 is 33.8 Å². The molecule has 0 aliphatic heterocycles. The molecule has 1 aromatic rings. The minimum Gasteiger partial charge on any atom is -0.404 e. The number of aldehydes is 1. The van der Waals surface area contributed by atoms with Crippen LogP contribution in [0.2, 0.25) is 5.02 Å². The zero-order valence-electron chi connectivity index (χ0n) is 6.94. The lowest BCUT2D eigenvalue weighted by Crippen LogP contribution is -2.17. The summed E-state index contributed by atoms with van der Waals surface area (Å²) in [5.74, 6) is -0.602. The first-order valence-electron chi connectivity index (χ1n) is 3.54. The van der Waals surface area contributed by atoms with Gasteiger partial charge in [0, 0.05) is 4.47 Å². The SMILES string of the molecule is O=Cc1c(Br)ccc(OC(F)(F)F)c1Cl. The third-order valence-electron chi connectivity index (χ3n) is 1.43. The summed E-state index contributed by atoms with van der Waals surface area (Å²) >= 11 is 8.50. The Labute approximate surface area is 96.1 Å². The van der Waals surface area contributed by atoms with Crippen LogP contribution in [-0.2, 0) is 0 Å². The van der Waals surface area contributed by atoms with E-state index in [1.165, 1.54) is 6.07 Å². The molecule has 0 N–H and O–H groups in total. The minimum atomic E-state index is -4.84. The number of benzene rings is 1. The molecule has 0 saturated heterocycles. The Bertz CT molecular complexity index is 392. The largest absolute Gasteiger partial charge is 0.573 e. The normalized spacial score (nSPS) is 11.3. The summed E-state index contributed by atoms with van der Waals surface area (Å²) < 4.78 is 39.6. The van der Waals surface area contributed by atoms with Gasteiger partial charge in [0.1, 0.15) is 5.75 Å². The lowest BCUT2D eigenvalue weighted by molar-refractivity contribution is -0.274. The highest BCUT2D eigenvalue weighted by Crippen LogP contribution is 2.35. The fourth-order valence-electron chi connectivity index (χ4n) is 0.861. The summed E-state index contributed by atoms with van der Waals surface area (Å²) in [4.78, 5) is 10.5. The third kappa shape index (κ3) is 3.10. The summed E-state index contributed by atoms with van der Waals surface area (Å²) in [5, 5.41) is -0.378. The van der Waals surface area contributed by atoms with E-state index in [1.807, 2.05) is 0 Å². The van der Waals surface area contributed by atoms with Crippen LogP contribution >= 0.6 is 27.5 Å². The fraction of sp³-hybridized carbons (Fsp3) is 0.125. The molecule has 0 heterocycles. The van der Waals surface area contributed by atoms with E-state index in [9.17, 15) is 18.0 Å². The molecule has 0 atom stereocenters. The van der Waals surface area contributed by atoms with Crippen molar-refractivity contribution in [3.63, 3.8) is 0 Å². The molecule has 0 aliphatic carbocycles. The molecule has 0 saturated carbocycles. The van der Waals surface area contributed by atoms with Crippen molar-refractivity contribution in [1.82, 2.24) is 0 Å². The summed E-state index contributed by atoms with van der Waals surface area (Å²) in [6, 6.07) is 2.27. The van der Waals surface area contributed by atoms with Gasteiger partial charge in [0.25, 0.3) is 0 Å². The van der Waals surface area contributed by atoms with Crippen LogP contribution in [0.3, 0.4) is 0 Å². The molecular formula is C8H3BrClF3O2. The molecule has 15 heavy (non-hydrogen) atoms. The van der Waals surface area contributed by atoms with E-state index in [0.29, 0.717) is 10.8 Å². The van der Waals surface area contributed by atoms with Crippen LogP contribution < -0.4 is 4.74 Å². The van der Waals surface area contributed by atoms with Gasteiger partial charge < -0.3 is 4.74 Å². The Hall–Kier alpha value is -0.750. The predicted octanol–water partition coefficient (Wildman–Crippen LogP) is 3.81. The smallest absolute Gasteiger partial charge is 0.404 e. The average molecular weight is 303 g/mol. The van der Waals surface area contributed by atoms with E-state index in [1.54, 1.807) is 0 Å². The van der Waals surface area contributed by atoms with Crippen molar-refractivity contribution in [1.29, 1.82) is 0 Å². The number of ether oxygens (including phenoxy) is 1. The van der Waals surface area contributed by atoms with Crippen LogP contribution in [0.4, 0.5) is 13.2 Å². The number of hydrogen-bond acceptors (Lipinski definition) is 2. The van der Waals surface area contributed by atoms with Crippen molar-refractivity contribution in [3.05, 3.63) is 27.2 Å². The average Bonchev–Trinajstić information content (AvgIpc) is 2.09. The summed E-state index contributed by atoms with van der Waals surface area (Å²) in [6.45, 7) is 0. The van der Waals surface area contributed by atoms with Gasteiger partial charge in [0.15, 0.2) is 6.29 Å². The molecule has 2 nitrogen and oxygen atoms in total. The second-order valence-corrected chi connectivity index (χ2v) is 3.67. The molecule has 0 aliphatic rings. The highest BCUT2D eigenvalue weighted by Gasteiger charge is 2.32. The van der Waals surface area contributed by atoms with E-state index in [-0.39, 0.29) is 10.6 Å². The van der Waals surface area contributed by atoms with Gasteiger partial charge in [0.05, 0.1) is 10.6 Å². The van der Waals surface area contributed by atoms with E-state index in [0.717, 1.165) is 6.07 Å². The molecular weight excluding hydrogens is 300 g/mol. The van der Waals surface area contributed by atoms with Crippen molar-refractivity contribution in [2.45, 2.75) is 6.36 Å². The lowest BCUT2D eigenvalue weighted by atomic mass is 10.2. The molecule has 0 amide bonds. The van der Waals surface area contributed by atoms with Gasteiger partial charge >= 0.3 is 6.36 Å². The van der Waals surface area contributed by atoms with Crippen LogP contribution in [0.15, 0.2) is 16.6 Å². The second-order valence-electron chi connectivity index (χ2n) is 2.44. The Morgan fingerprint density at radius 1 is 1.40 bits per heavy atom. The molecule has 1 rings (SSSR count). The number of carbonyl (C=O) groups is 1.